The molecule has 3 rings (SSSR count). The van der Waals surface area contributed by atoms with E-state index in [1.54, 1.807) is 11.3 Å². The van der Waals surface area contributed by atoms with E-state index in [9.17, 15) is 0 Å². The summed E-state index contributed by atoms with van der Waals surface area (Å²) in [6, 6.07) is 19.3. The summed E-state index contributed by atoms with van der Waals surface area (Å²) in [5.41, 5.74) is 3.96. The quantitative estimate of drug-likeness (QED) is 0.644. The van der Waals surface area contributed by atoms with Gasteiger partial charge in [-0.15, -0.1) is 11.3 Å². The number of thiophene rings is 1. The molecule has 2 heteroatoms. The van der Waals surface area contributed by atoms with Crippen molar-refractivity contribution in [3.63, 3.8) is 0 Å². The van der Waals surface area contributed by atoms with E-state index in [-0.39, 0.29) is 0 Å². The molecule has 0 fully saturated rings. The Morgan fingerprint density at radius 2 is 1.78 bits per heavy atom. The van der Waals surface area contributed by atoms with Crippen molar-refractivity contribution in [3.05, 3.63) is 71.2 Å². The predicted molar refractivity (Wildman–Crippen MR) is 78.0 cm³/mol. The van der Waals surface area contributed by atoms with Crippen LogP contribution in [0.3, 0.4) is 0 Å². The number of hydrogen-bond acceptors (Lipinski definition) is 1. The van der Waals surface area contributed by atoms with Crippen LogP contribution in [0, 0.1) is 6.92 Å². The summed E-state index contributed by atoms with van der Waals surface area (Å²) in [4.78, 5) is 1.33. The lowest BCUT2D eigenvalue weighted by atomic mass is 10.2. The highest BCUT2D eigenvalue weighted by atomic mass is 32.1. The Morgan fingerprint density at radius 1 is 0.944 bits per heavy atom. The summed E-state index contributed by atoms with van der Waals surface area (Å²) in [7, 11) is 0. The molecule has 1 nitrogen and oxygen atoms in total. The zero-order valence-corrected chi connectivity index (χ0v) is 11.2. The molecule has 2 aromatic heterocycles. The van der Waals surface area contributed by atoms with Crippen molar-refractivity contribution in [2.24, 2.45) is 0 Å². The first-order valence-electron chi connectivity index (χ1n) is 6.08. The van der Waals surface area contributed by atoms with Crippen molar-refractivity contribution in [3.8, 4) is 10.6 Å². The lowest BCUT2D eigenvalue weighted by Gasteiger charge is -2.10. The number of aromatic nitrogens is 1. The lowest BCUT2D eigenvalue weighted by Crippen LogP contribution is -2.02. The molecule has 0 N–H and O–H groups in total. The van der Waals surface area contributed by atoms with Crippen molar-refractivity contribution < 1.29 is 0 Å². The molecule has 0 amide bonds. The normalized spacial score (nSPS) is 10.7. The molecule has 18 heavy (non-hydrogen) atoms. The van der Waals surface area contributed by atoms with Gasteiger partial charge in [0.25, 0.3) is 0 Å². The molecular weight excluding hydrogens is 238 g/mol. The number of hydrogen-bond donors (Lipinski definition) is 0. The third-order valence-corrected chi connectivity index (χ3v) is 4.05. The van der Waals surface area contributed by atoms with Gasteiger partial charge in [0, 0.05) is 12.2 Å². The van der Waals surface area contributed by atoms with E-state index in [0.29, 0.717) is 0 Å². The molecule has 0 saturated carbocycles. The van der Waals surface area contributed by atoms with E-state index in [4.69, 9.17) is 0 Å². The van der Waals surface area contributed by atoms with Gasteiger partial charge in [0.15, 0.2) is 0 Å². The van der Waals surface area contributed by atoms with Gasteiger partial charge in [-0.1, -0.05) is 36.4 Å². The average Bonchev–Trinajstić information content (AvgIpc) is 3.02. The van der Waals surface area contributed by atoms with E-state index < -0.39 is 0 Å². The fourth-order valence-corrected chi connectivity index (χ4v) is 2.94. The van der Waals surface area contributed by atoms with E-state index in [1.165, 1.54) is 21.8 Å². The lowest BCUT2D eigenvalue weighted by molar-refractivity contribution is 0.785. The van der Waals surface area contributed by atoms with Crippen LogP contribution in [0.4, 0.5) is 0 Å². The SMILES string of the molecule is Cc1ccc(-c2cccs2)n1Cc1ccccc1. The molecule has 0 atom stereocenters. The summed E-state index contributed by atoms with van der Waals surface area (Å²) in [5, 5.41) is 2.13. The number of aryl methyl sites for hydroxylation is 1. The Kier molecular flexibility index (Phi) is 3.03. The summed E-state index contributed by atoms with van der Waals surface area (Å²) in [5.74, 6) is 0. The van der Waals surface area contributed by atoms with Crippen LogP contribution >= 0.6 is 11.3 Å². The second kappa shape index (κ2) is 4.83. The topological polar surface area (TPSA) is 4.93 Å². The van der Waals surface area contributed by atoms with Crippen LogP contribution in [0.1, 0.15) is 11.3 Å². The smallest absolute Gasteiger partial charge is 0.0586 e. The molecule has 1 aromatic carbocycles. The van der Waals surface area contributed by atoms with Crippen molar-refractivity contribution in [1.29, 1.82) is 0 Å². The van der Waals surface area contributed by atoms with Gasteiger partial charge in [0.05, 0.1) is 10.6 Å². The molecule has 0 bridgehead atoms. The zero-order chi connectivity index (χ0) is 12.4. The maximum atomic E-state index is 2.38. The second-order valence-corrected chi connectivity index (χ2v) is 5.36. The van der Waals surface area contributed by atoms with E-state index in [2.05, 4.69) is 71.5 Å². The van der Waals surface area contributed by atoms with Crippen LogP contribution in [-0.4, -0.2) is 4.57 Å². The summed E-state index contributed by atoms with van der Waals surface area (Å²) >= 11 is 1.79. The highest BCUT2D eigenvalue weighted by Gasteiger charge is 2.08. The molecule has 0 spiro atoms. The first kappa shape index (κ1) is 11.3. The Morgan fingerprint density at radius 3 is 2.50 bits per heavy atom. The van der Waals surface area contributed by atoms with Crippen LogP contribution in [0.2, 0.25) is 0 Å². The minimum Gasteiger partial charge on any atom is -0.340 e. The summed E-state index contributed by atoms with van der Waals surface area (Å²) < 4.78 is 2.38. The monoisotopic (exact) mass is 253 g/mol. The molecule has 0 radical (unpaired) electrons. The Hall–Kier alpha value is -1.80. The first-order chi connectivity index (χ1) is 8.84. The van der Waals surface area contributed by atoms with Gasteiger partial charge in [-0.2, -0.15) is 0 Å². The molecule has 90 valence electrons. The van der Waals surface area contributed by atoms with Crippen LogP contribution in [0.5, 0.6) is 0 Å². The van der Waals surface area contributed by atoms with Crippen molar-refractivity contribution in [1.82, 2.24) is 4.57 Å². The molecular formula is C16H15NS. The van der Waals surface area contributed by atoms with Gasteiger partial charge in [0.1, 0.15) is 0 Å². The Balaban J connectivity index is 1.99. The van der Waals surface area contributed by atoms with Crippen molar-refractivity contribution in [2.75, 3.05) is 0 Å². The number of nitrogens with zero attached hydrogens (tertiary/aromatic N) is 1. The molecule has 2 heterocycles. The maximum absolute atomic E-state index is 2.38. The first-order valence-corrected chi connectivity index (χ1v) is 6.96. The molecule has 0 unspecified atom stereocenters. The van der Waals surface area contributed by atoms with Crippen LogP contribution in [-0.2, 0) is 6.54 Å². The van der Waals surface area contributed by atoms with E-state index in [1.807, 2.05) is 0 Å². The van der Waals surface area contributed by atoms with Gasteiger partial charge < -0.3 is 4.57 Å². The van der Waals surface area contributed by atoms with Crippen LogP contribution < -0.4 is 0 Å². The molecule has 0 saturated heterocycles. The minimum atomic E-state index is 0.937. The second-order valence-electron chi connectivity index (χ2n) is 4.41. The highest BCUT2D eigenvalue weighted by molar-refractivity contribution is 7.13. The third kappa shape index (κ3) is 2.12. The fraction of sp³-hybridized carbons (Fsp3) is 0.125. The van der Waals surface area contributed by atoms with Gasteiger partial charge in [0.2, 0.25) is 0 Å². The summed E-state index contributed by atoms with van der Waals surface area (Å²) in [6.07, 6.45) is 0. The van der Waals surface area contributed by atoms with E-state index >= 15 is 0 Å². The van der Waals surface area contributed by atoms with Crippen LogP contribution in [0.15, 0.2) is 60.0 Å². The largest absolute Gasteiger partial charge is 0.340 e. The Labute approximate surface area is 111 Å². The van der Waals surface area contributed by atoms with Gasteiger partial charge in [-0.3, -0.25) is 0 Å². The third-order valence-electron chi connectivity index (χ3n) is 3.16. The molecule has 0 aliphatic rings. The van der Waals surface area contributed by atoms with Crippen molar-refractivity contribution in [2.45, 2.75) is 13.5 Å². The standard InChI is InChI=1S/C16H15NS/c1-13-9-10-15(16-8-5-11-18-16)17(13)12-14-6-3-2-4-7-14/h2-11H,12H2,1H3. The van der Waals surface area contributed by atoms with Gasteiger partial charge >= 0.3 is 0 Å². The fourth-order valence-electron chi connectivity index (χ4n) is 2.18. The van der Waals surface area contributed by atoms with Gasteiger partial charge in [-0.25, -0.2) is 0 Å². The maximum Gasteiger partial charge on any atom is 0.0586 e. The highest BCUT2D eigenvalue weighted by Crippen LogP contribution is 2.27. The average molecular weight is 253 g/mol. The summed E-state index contributed by atoms with van der Waals surface area (Å²) in [6.45, 7) is 3.10. The van der Waals surface area contributed by atoms with Crippen molar-refractivity contribution >= 4 is 11.3 Å². The molecule has 0 aliphatic heterocycles. The minimum absolute atomic E-state index is 0.937. The Bertz CT molecular complexity index is 620. The molecule has 0 aliphatic carbocycles. The zero-order valence-electron chi connectivity index (χ0n) is 10.3. The number of rotatable bonds is 3. The molecule has 3 aromatic rings. The van der Waals surface area contributed by atoms with Gasteiger partial charge in [-0.05, 0) is 36.1 Å². The van der Waals surface area contributed by atoms with E-state index in [0.717, 1.165) is 6.54 Å². The predicted octanol–water partition coefficient (Wildman–Crippen LogP) is 4.57. The van der Waals surface area contributed by atoms with Crippen LogP contribution in [0.25, 0.3) is 10.6 Å². The number of benzene rings is 1.